The molecular formula is C17H25N5O2. The maximum absolute atomic E-state index is 12.0. The van der Waals surface area contributed by atoms with Crippen LogP contribution >= 0.6 is 0 Å². The molecule has 7 heteroatoms. The Bertz CT molecular complexity index is 691. The fourth-order valence-electron chi connectivity index (χ4n) is 3.02. The van der Waals surface area contributed by atoms with Crippen molar-refractivity contribution in [1.29, 1.82) is 0 Å². The number of aryl methyl sites for hydroxylation is 1. The highest BCUT2D eigenvalue weighted by Crippen LogP contribution is 2.16. The van der Waals surface area contributed by atoms with Crippen LogP contribution in [0.3, 0.4) is 0 Å². The summed E-state index contributed by atoms with van der Waals surface area (Å²) in [4.78, 5) is 21.0. The van der Waals surface area contributed by atoms with Crippen LogP contribution in [0, 0.1) is 0 Å². The van der Waals surface area contributed by atoms with Crippen LogP contribution in [0.2, 0.25) is 0 Å². The fourth-order valence-corrected chi connectivity index (χ4v) is 3.02. The average Bonchev–Trinajstić information content (AvgIpc) is 2.92. The molecule has 1 N–H and O–H groups in total. The molecule has 1 aromatic heterocycles. The van der Waals surface area contributed by atoms with Crippen LogP contribution in [-0.2, 0) is 18.3 Å². The summed E-state index contributed by atoms with van der Waals surface area (Å²) in [5.41, 5.74) is 2.19. The standard InChI is InChI=1S/C17H25N5O2/c1-20-15-6-4-3-5-14(15)19-16(20)13-21-8-10-22(11-9-21)17(23)18-7-12-24-2/h3-6H,7-13H2,1-2H3,(H,18,23). The maximum atomic E-state index is 12.0. The molecule has 0 spiro atoms. The largest absolute Gasteiger partial charge is 0.383 e. The number of carbonyl (C=O) groups is 1. The number of fused-ring (bicyclic) bond motifs is 1. The molecule has 2 aromatic rings. The quantitative estimate of drug-likeness (QED) is 0.832. The van der Waals surface area contributed by atoms with E-state index in [1.54, 1.807) is 7.11 Å². The van der Waals surface area contributed by atoms with Crippen LogP contribution in [0.4, 0.5) is 4.79 Å². The molecule has 2 amide bonds. The molecule has 0 saturated carbocycles. The molecule has 1 aliphatic heterocycles. The van der Waals surface area contributed by atoms with Crippen LogP contribution in [0.25, 0.3) is 11.0 Å². The predicted molar refractivity (Wildman–Crippen MR) is 92.8 cm³/mol. The summed E-state index contributed by atoms with van der Waals surface area (Å²) in [6.45, 7) is 5.10. The summed E-state index contributed by atoms with van der Waals surface area (Å²) in [5, 5.41) is 2.87. The van der Waals surface area contributed by atoms with Gasteiger partial charge < -0.3 is 19.5 Å². The molecule has 1 saturated heterocycles. The first kappa shape index (κ1) is 16.7. The van der Waals surface area contributed by atoms with Crippen molar-refractivity contribution in [3.05, 3.63) is 30.1 Å². The number of rotatable bonds is 5. The molecule has 0 aliphatic carbocycles. The van der Waals surface area contributed by atoms with Gasteiger partial charge in [-0.15, -0.1) is 0 Å². The lowest BCUT2D eigenvalue weighted by Gasteiger charge is -2.34. The molecule has 0 bridgehead atoms. The number of para-hydroxylation sites is 2. The van der Waals surface area contributed by atoms with Crippen molar-refractivity contribution in [2.45, 2.75) is 6.54 Å². The van der Waals surface area contributed by atoms with Gasteiger partial charge in [-0.1, -0.05) is 12.1 Å². The average molecular weight is 331 g/mol. The topological polar surface area (TPSA) is 62.6 Å². The van der Waals surface area contributed by atoms with Crippen LogP contribution in [0.1, 0.15) is 5.82 Å². The number of piperazine rings is 1. The predicted octanol–water partition coefficient (Wildman–Crippen LogP) is 1.05. The highest BCUT2D eigenvalue weighted by molar-refractivity contribution is 5.75. The van der Waals surface area contributed by atoms with E-state index >= 15 is 0 Å². The highest BCUT2D eigenvalue weighted by Gasteiger charge is 2.22. The Hall–Kier alpha value is -2.12. The van der Waals surface area contributed by atoms with E-state index in [9.17, 15) is 4.79 Å². The Morgan fingerprint density at radius 3 is 2.71 bits per heavy atom. The second-order valence-corrected chi connectivity index (χ2v) is 6.06. The van der Waals surface area contributed by atoms with E-state index in [1.807, 2.05) is 23.1 Å². The Morgan fingerprint density at radius 1 is 1.25 bits per heavy atom. The van der Waals surface area contributed by atoms with Gasteiger partial charge in [0.2, 0.25) is 0 Å². The number of hydrogen-bond donors (Lipinski definition) is 1. The third-order valence-electron chi connectivity index (χ3n) is 4.49. The van der Waals surface area contributed by atoms with Crippen molar-refractivity contribution in [3.63, 3.8) is 0 Å². The molecular weight excluding hydrogens is 306 g/mol. The molecule has 24 heavy (non-hydrogen) atoms. The lowest BCUT2D eigenvalue weighted by molar-refractivity contribution is 0.130. The van der Waals surface area contributed by atoms with E-state index in [1.165, 1.54) is 0 Å². The summed E-state index contributed by atoms with van der Waals surface area (Å²) >= 11 is 0. The second-order valence-electron chi connectivity index (χ2n) is 6.06. The number of aromatic nitrogens is 2. The Labute approximate surface area is 142 Å². The second kappa shape index (κ2) is 7.63. The van der Waals surface area contributed by atoms with Crippen molar-refractivity contribution < 1.29 is 9.53 Å². The number of nitrogens with zero attached hydrogens (tertiary/aromatic N) is 4. The zero-order valence-electron chi connectivity index (χ0n) is 14.4. The molecule has 0 radical (unpaired) electrons. The zero-order valence-corrected chi connectivity index (χ0v) is 14.4. The number of methoxy groups -OCH3 is 1. The van der Waals surface area contributed by atoms with Gasteiger partial charge in [0.05, 0.1) is 24.2 Å². The van der Waals surface area contributed by atoms with Crippen LogP contribution in [-0.4, -0.2) is 71.8 Å². The van der Waals surface area contributed by atoms with E-state index < -0.39 is 0 Å². The van der Waals surface area contributed by atoms with Crippen molar-refractivity contribution in [1.82, 2.24) is 24.7 Å². The summed E-state index contributed by atoms with van der Waals surface area (Å²) in [7, 11) is 3.69. The van der Waals surface area contributed by atoms with Gasteiger partial charge in [-0.3, -0.25) is 4.90 Å². The van der Waals surface area contributed by atoms with E-state index in [0.717, 1.165) is 49.6 Å². The van der Waals surface area contributed by atoms with Crippen molar-refractivity contribution in [3.8, 4) is 0 Å². The maximum Gasteiger partial charge on any atom is 0.317 e. The minimum atomic E-state index is -0.00516. The summed E-state index contributed by atoms with van der Waals surface area (Å²) < 4.78 is 7.10. The van der Waals surface area contributed by atoms with Crippen molar-refractivity contribution >= 4 is 17.1 Å². The van der Waals surface area contributed by atoms with Crippen molar-refractivity contribution in [2.24, 2.45) is 7.05 Å². The lowest BCUT2D eigenvalue weighted by Crippen LogP contribution is -2.51. The molecule has 1 fully saturated rings. The monoisotopic (exact) mass is 331 g/mol. The van der Waals surface area contributed by atoms with Gasteiger partial charge in [0.1, 0.15) is 5.82 Å². The van der Waals surface area contributed by atoms with Gasteiger partial charge in [0, 0.05) is 46.9 Å². The molecule has 1 aliphatic rings. The molecule has 2 heterocycles. The first-order valence-electron chi connectivity index (χ1n) is 8.33. The summed E-state index contributed by atoms with van der Waals surface area (Å²) in [6, 6.07) is 8.18. The van der Waals surface area contributed by atoms with E-state index in [4.69, 9.17) is 9.72 Å². The first-order chi connectivity index (χ1) is 11.7. The number of ether oxygens (including phenoxy) is 1. The zero-order chi connectivity index (χ0) is 16.9. The smallest absolute Gasteiger partial charge is 0.317 e. The summed E-state index contributed by atoms with van der Waals surface area (Å²) in [6.07, 6.45) is 0. The third kappa shape index (κ3) is 3.68. The number of nitrogens with one attached hydrogen (secondary N) is 1. The van der Waals surface area contributed by atoms with Crippen molar-refractivity contribution in [2.75, 3.05) is 46.4 Å². The van der Waals surface area contributed by atoms with Crippen LogP contribution in [0.5, 0.6) is 0 Å². The van der Waals surface area contributed by atoms with Gasteiger partial charge in [-0.2, -0.15) is 0 Å². The number of amides is 2. The Balaban J connectivity index is 1.53. The fraction of sp³-hybridized carbons (Fsp3) is 0.529. The van der Waals surface area contributed by atoms with Crippen LogP contribution in [0.15, 0.2) is 24.3 Å². The van der Waals surface area contributed by atoms with Gasteiger partial charge in [0.25, 0.3) is 0 Å². The SMILES string of the molecule is COCCNC(=O)N1CCN(Cc2nc3ccccc3n2C)CC1. The van der Waals surface area contributed by atoms with E-state index in [0.29, 0.717) is 13.2 Å². The van der Waals surface area contributed by atoms with Gasteiger partial charge >= 0.3 is 6.03 Å². The third-order valence-corrected chi connectivity index (χ3v) is 4.49. The molecule has 1 aromatic carbocycles. The molecule has 3 rings (SSSR count). The highest BCUT2D eigenvalue weighted by atomic mass is 16.5. The number of imidazole rings is 1. The molecule has 0 atom stereocenters. The summed E-state index contributed by atoms with van der Waals surface area (Å²) in [5.74, 6) is 1.06. The molecule has 7 nitrogen and oxygen atoms in total. The number of hydrogen-bond acceptors (Lipinski definition) is 4. The Kier molecular flexibility index (Phi) is 5.32. The Morgan fingerprint density at radius 2 is 2.00 bits per heavy atom. The minimum Gasteiger partial charge on any atom is -0.383 e. The normalized spacial score (nSPS) is 15.8. The number of benzene rings is 1. The number of urea groups is 1. The van der Waals surface area contributed by atoms with Gasteiger partial charge in [-0.05, 0) is 12.1 Å². The lowest BCUT2D eigenvalue weighted by atomic mass is 10.3. The van der Waals surface area contributed by atoms with E-state index in [-0.39, 0.29) is 6.03 Å². The number of carbonyl (C=O) groups excluding carboxylic acids is 1. The first-order valence-corrected chi connectivity index (χ1v) is 8.33. The van der Waals surface area contributed by atoms with Gasteiger partial charge in [-0.25, -0.2) is 9.78 Å². The van der Waals surface area contributed by atoms with Gasteiger partial charge in [0.15, 0.2) is 0 Å². The molecule has 130 valence electrons. The minimum absolute atomic E-state index is 0.00516. The molecule has 0 unspecified atom stereocenters. The van der Waals surface area contributed by atoms with E-state index in [2.05, 4.69) is 27.9 Å². The van der Waals surface area contributed by atoms with Crippen LogP contribution < -0.4 is 5.32 Å².